The lowest BCUT2D eigenvalue weighted by molar-refractivity contribution is 0.0696. The van der Waals surface area contributed by atoms with Crippen LogP contribution in [-0.4, -0.2) is 30.1 Å². The fourth-order valence-corrected chi connectivity index (χ4v) is 3.18. The first-order valence-corrected chi connectivity index (χ1v) is 10.1. The molecule has 0 aromatic heterocycles. The molecule has 160 valence electrons. The summed E-state index contributed by atoms with van der Waals surface area (Å²) in [7, 11) is 0. The molecule has 0 unspecified atom stereocenters. The number of carbonyl (C=O) groups is 2. The normalized spacial score (nSPS) is 10.5. The Kier molecular flexibility index (Phi) is 7.62. The second-order valence-electron chi connectivity index (χ2n) is 6.84. The number of aromatic carboxylic acids is 1. The maximum atomic E-state index is 13.8. The average Bonchev–Trinajstić information content (AvgIpc) is 2.76. The molecular weight excluding hydrogens is 421 g/mol. The molecule has 0 aliphatic rings. The molecule has 0 aliphatic carbocycles. The summed E-state index contributed by atoms with van der Waals surface area (Å²) < 4.78 is 19.5. The molecule has 5 nitrogen and oxygen atoms in total. The van der Waals surface area contributed by atoms with Crippen molar-refractivity contribution in [1.29, 1.82) is 0 Å². The highest BCUT2D eigenvalue weighted by Gasteiger charge is 2.14. The summed E-state index contributed by atoms with van der Waals surface area (Å²) in [6, 6.07) is 17.7. The Balaban J connectivity index is 1.57. The second-order valence-corrected chi connectivity index (χ2v) is 7.27. The summed E-state index contributed by atoms with van der Waals surface area (Å²) in [5.41, 5.74) is 1.94. The van der Waals surface area contributed by atoms with E-state index in [9.17, 15) is 14.0 Å². The standard InChI is InChI=1S/C24H21ClFNO4/c25-19-9-10-22(31-14-12-17-3-1-2-4-21(17)26)20(15-19)23(28)27-13-11-16-5-7-18(8-6-16)24(29)30/h1-10,15H,11-14H2,(H,27,28)(H,29,30). The molecule has 31 heavy (non-hydrogen) atoms. The summed E-state index contributed by atoms with van der Waals surface area (Å²) >= 11 is 6.05. The predicted molar refractivity (Wildman–Crippen MR) is 116 cm³/mol. The molecule has 0 aliphatic heterocycles. The first kappa shape index (κ1) is 22.3. The Morgan fingerprint density at radius 2 is 1.74 bits per heavy atom. The zero-order valence-corrected chi connectivity index (χ0v) is 17.4. The largest absolute Gasteiger partial charge is 0.492 e. The zero-order chi connectivity index (χ0) is 22.2. The van der Waals surface area contributed by atoms with Gasteiger partial charge in [-0.15, -0.1) is 0 Å². The van der Waals surface area contributed by atoms with Crippen molar-refractivity contribution >= 4 is 23.5 Å². The highest BCUT2D eigenvalue weighted by molar-refractivity contribution is 6.31. The Bertz CT molecular complexity index is 1070. The van der Waals surface area contributed by atoms with Gasteiger partial charge in [-0.2, -0.15) is 0 Å². The van der Waals surface area contributed by atoms with Gasteiger partial charge in [-0.3, -0.25) is 4.79 Å². The number of benzene rings is 3. The Morgan fingerprint density at radius 1 is 1.00 bits per heavy atom. The first-order valence-electron chi connectivity index (χ1n) is 9.70. The fraction of sp³-hybridized carbons (Fsp3) is 0.167. The molecule has 0 spiro atoms. The van der Waals surface area contributed by atoms with Crippen LogP contribution in [0.3, 0.4) is 0 Å². The van der Waals surface area contributed by atoms with Gasteiger partial charge in [0, 0.05) is 18.0 Å². The van der Waals surface area contributed by atoms with Crippen LogP contribution in [0, 0.1) is 5.82 Å². The number of halogens is 2. The third-order valence-corrected chi connectivity index (χ3v) is 4.91. The molecule has 0 atom stereocenters. The molecule has 0 bridgehead atoms. The van der Waals surface area contributed by atoms with Gasteiger partial charge in [-0.1, -0.05) is 41.9 Å². The van der Waals surface area contributed by atoms with Gasteiger partial charge in [0.15, 0.2) is 0 Å². The molecule has 3 aromatic carbocycles. The highest BCUT2D eigenvalue weighted by Crippen LogP contribution is 2.23. The molecule has 2 N–H and O–H groups in total. The molecule has 1 amide bonds. The molecule has 0 fully saturated rings. The SMILES string of the molecule is O=C(O)c1ccc(CCNC(=O)c2cc(Cl)ccc2OCCc2ccccc2F)cc1. The van der Waals surface area contributed by atoms with Crippen LogP contribution in [0.5, 0.6) is 5.75 Å². The lowest BCUT2D eigenvalue weighted by Crippen LogP contribution is -2.26. The van der Waals surface area contributed by atoms with Gasteiger partial charge in [-0.05, 0) is 53.9 Å². The number of carboxylic acid groups (broad SMARTS) is 1. The van der Waals surface area contributed by atoms with Crippen molar-refractivity contribution in [1.82, 2.24) is 5.32 Å². The van der Waals surface area contributed by atoms with E-state index in [0.29, 0.717) is 41.3 Å². The van der Waals surface area contributed by atoms with Crippen LogP contribution in [-0.2, 0) is 12.8 Å². The summed E-state index contributed by atoms with van der Waals surface area (Å²) in [6.07, 6.45) is 0.901. The summed E-state index contributed by atoms with van der Waals surface area (Å²) in [5.74, 6) is -1.26. The van der Waals surface area contributed by atoms with E-state index in [4.69, 9.17) is 21.4 Å². The van der Waals surface area contributed by atoms with Crippen molar-refractivity contribution in [2.75, 3.05) is 13.2 Å². The van der Waals surface area contributed by atoms with E-state index < -0.39 is 5.97 Å². The second kappa shape index (κ2) is 10.6. The van der Waals surface area contributed by atoms with Crippen LogP contribution in [0.4, 0.5) is 4.39 Å². The van der Waals surface area contributed by atoms with Crippen molar-refractivity contribution in [2.24, 2.45) is 0 Å². The van der Waals surface area contributed by atoms with Crippen molar-refractivity contribution in [3.05, 3.63) is 99.8 Å². The smallest absolute Gasteiger partial charge is 0.335 e. The monoisotopic (exact) mass is 441 g/mol. The van der Waals surface area contributed by atoms with Crippen LogP contribution < -0.4 is 10.1 Å². The molecule has 0 heterocycles. The number of carbonyl (C=O) groups excluding carboxylic acids is 1. The van der Waals surface area contributed by atoms with Crippen molar-refractivity contribution in [3.63, 3.8) is 0 Å². The number of nitrogens with one attached hydrogen (secondary N) is 1. The molecular formula is C24H21ClFNO4. The molecule has 3 aromatic rings. The van der Waals surface area contributed by atoms with E-state index in [-0.39, 0.29) is 23.9 Å². The van der Waals surface area contributed by atoms with Crippen molar-refractivity contribution < 1.29 is 23.8 Å². The summed E-state index contributed by atoms with van der Waals surface area (Å²) in [4.78, 5) is 23.6. The topological polar surface area (TPSA) is 75.6 Å². The minimum Gasteiger partial charge on any atom is -0.492 e. The van der Waals surface area contributed by atoms with Gasteiger partial charge < -0.3 is 15.2 Å². The van der Waals surface area contributed by atoms with Crippen LogP contribution in [0.25, 0.3) is 0 Å². The number of rotatable bonds is 9. The van der Waals surface area contributed by atoms with E-state index in [1.807, 2.05) is 0 Å². The van der Waals surface area contributed by atoms with E-state index in [0.717, 1.165) is 5.56 Å². The van der Waals surface area contributed by atoms with Gasteiger partial charge in [0.2, 0.25) is 0 Å². The minimum absolute atomic E-state index is 0.207. The molecule has 7 heteroatoms. The molecule has 0 saturated heterocycles. The van der Waals surface area contributed by atoms with E-state index >= 15 is 0 Å². The number of ether oxygens (including phenoxy) is 1. The zero-order valence-electron chi connectivity index (χ0n) is 16.6. The predicted octanol–water partition coefficient (Wildman–Crippen LogP) is 4.77. The Hall–Kier alpha value is -3.38. The maximum Gasteiger partial charge on any atom is 0.335 e. The molecule has 0 radical (unpaired) electrons. The van der Waals surface area contributed by atoms with Gasteiger partial charge in [0.05, 0.1) is 17.7 Å². The number of hydrogen-bond acceptors (Lipinski definition) is 3. The summed E-state index contributed by atoms with van der Waals surface area (Å²) in [5, 5.41) is 12.2. The lowest BCUT2D eigenvalue weighted by atomic mass is 10.1. The van der Waals surface area contributed by atoms with E-state index in [1.165, 1.54) is 24.3 Å². The molecule has 0 saturated carbocycles. The van der Waals surface area contributed by atoms with Gasteiger partial charge in [-0.25, -0.2) is 9.18 Å². The fourth-order valence-electron chi connectivity index (χ4n) is 3.01. The van der Waals surface area contributed by atoms with E-state index in [2.05, 4.69) is 5.32 Å². The van der Waals surface area contributed by atoms with Crippen LogP contribution >= 0.6 is 11.6 Å². The highest BCUT2D eigenvalue weighted by atomic mass is 35.5. The lowest BCUT2D eigenvalue weighted by Gasteiger charge is -2.13. The quantitative estimate of drug-likeness (QED) is 0.501. The van der Waals surface area contributed by atoms with Crippen molar-refractivity contribution in [3.8, 4) is 5.75 Å². The Morgan fingerprint density at radius 3 is 2.45 bits per heavy atom. The third kappa shape index (κ3) is 6.30. The van der Waals surface area contributed by atoms with Crippen molar-refractivity contribution in [2.45, 2.75) is 12.8 Å². The average molecular weight is 442 g/mol. The van der Waals surface area contributed by atoms with Gasteiger partial charge in [0.1, 0.15) is 11.6 Å². The van der Waals surface area contributed by atoms with E-state index in [1.54, 1.807) is 42.5 Å². The third-order valence-electron chi connectivity index (χ3n) is 4.67. The first-order chi connectivity index (χ1) is 14.9. The summed E-state index contributed by atoms with van der Waals surface area (Å²) in [6.45, 7) is 0.561. The maximum absolute atomic E-state index is 13.8. The van der Waals surface area contributed by atoms with Crippen LogP contribution in [0.2, 0.25) is 5.02 Å². The number of hydrogen-bond donors (Lipinski definition) is 2. The van der Waals surface area contributed by atoms with Crippen LogP contribution in [0.1, 0.15) is 31.8 Å². The number of amides is 1. The minimum atomic E-state index is -0.983. The molecule has 3 rings (SSSR count). The van der Waals surface area contributed by atoms with Gasteiger partial charge in [0.25, 0.3) is 5.91 Å². The van der Waals surface area contributed by atoms with Crippen LogP contribution in [0.15, 0.2) is 66.7 Å². The number of carboxylic acids is 1. The Labute approximate surface area is 184 Å². The van der Waals surface area contributed by atoms with Gasteiger partial charge >= 0.3 is 5.97 Å².